The molecule has 0 aliphatic carbocycles. The third-order valence-corrected chi connectivity index (χ3v) is 6.03. The summed E-state index contributed by atoms with van der Waals surface area (Å²) in [6, 6.07) is 11.5. The highest BCUT2D eigenvalue weighted by atomic mass is 32.2. The van der Waals surface area contributed by atoms with Crippen LogP contribution in [0.2, 0.25) is 0 Å². The fraction of sp³-hybridized carbons (Fsp3) is 0.238. The van der Waals surface area contributed by atoms with Crippen LogP contribution in [0.4, 0.5) is 10.1 Å². The molecular weight excluding hydrogens is 393 g/mol. The maximum absolute atomic E-state index is 14.0. The first-order valence-electron chi connectivity index (χ1n) is 9.27. The third kappa shape index (κ3) is 4.13. The molecule has 0 atom stereocenters. The highest BCUT2D eigenvalue weighted by Crippen LogP contribution is 2.32. The van der Waals surface area contributed by atoms with Gasteiger partial charge in [-0.1, -0.05) is 30.0 Å². The number of carbonyl (C=O) groups excluding carboxylic acids is 1. The lowest BCUT2D eigenvalue weighted by Gasteiger charge is -2.32. The Hall–Kier alpha value is -2.84. The van der Waals surface area contributed by atoms with Gasteiger partial charge in [0.1, 0.15) is 5.75 Å². The van der Waals surface area contributed by atoms with Crippen LogP contribution in [0.25, 0.3) is 6.08 Å². The van der Waals surface area contributed by atoms with Crippen molar-refractivity contribution in [3.63, 3.8) is 0 Å². The summed E-state index contributed by atoms with van der Waals surface area (Å²) in [6.07, 6.45) is 1.71. The van der Waals surface area contributed by atoms with Crippen LogP contribution in [0.5, 0.6) is 11.5 Å². The van der Waals surface area contributed by atoms with Gasteiger partial charge in [0.25, 0.3) is 5.91 Å². The molecule has 150 valence electrons. The van der Waals surface area contributed by atoms with Gasteiger partial charge in [-0.2, -0.15) is 4.99 Å². The molecule has 1 fully saturated rings. The van der Waals surface area contributed by atoms with E-state index in [1.165, 1.54) is 31.0 Å². The summed E-state index contributed by atoms with van der Waals surface area (Å²) in [6.45, 7) is 2.84. The molecule has 0 unspecified atom stereocenters. The van der Waals surface area contributed by atoms with E-state index < -0.39 is 0 Å². The van der Waals surface area contributed by atoms with E-state index >= 15 is 0 Å². The highest BCUT2D eigenvalue weighted by molar-refractivity contribution is 8.18. The Kier molecular flexibility index (Phi) is 5.55. The monoisotopic (exact) mass is 413 g/mol. The Balaban J connectivity index is 1.42. The molecule has 4 rings (SSSR count). The number of nitrogens with zero attached hydrogens (tertiary/aromatic N) is 2. The van der Waals surface area contributed by atoms with Crippen molar-refractivity contribution in [2.24, 2.45) is 4.99 Å². The zero-order chi connectivity index (χ0) is 20.4. The van der Waals surface area contributed by atoms with Gasteiger partial charge in [-0.05, 0) is 35.5 Å². The van der Waals surface area contributed by atoms with Crippen molar-refractivity contribution < 1.29 is 23.9 Å². The molecule has 1 N–H and O–H groups in total. The van der Waals surface area contributed by atoms with Crippen LogP contribution >= 0.6 is 11.8 Å². The summed E-state index contributed by atoms with van der Waals surface area (Å²) in [5.74, 6) is -0.446. The number of halogens is 1. The van der Waals surface area contributed by atoms with Gasteiger partial charge in [0.15, 0.2) is 16.7 Å². The minimum atomic E-state index is -0.293. The fourth-order valence-corrected chi connectivity index (χ4v) is 4.41. The van der Waals surface area contributed by atoms with Crippen molar-refractivity contribution in [1.82, 2.24) is 4.90 Å². The number of carbonyl (C=O) groups is 1. The van der Waals surface area contributed by atoms with Crippen LogP contribution in [-0.4, -0.2) is 49.3 Å². The lowest BCUT2D eigenvalue weighted by Crippen LogP contribution is -3.10. The molecule has 0 aromatic heterocycles. The summed E-state index contributed by atoms with van der Waals surface area (Å²) >= 11 is 1.32. The highest BCUT2D eigenvalue weighted by Gasteiger charge is 2.31. The number of ether oxygens (including phenoxy) is 1. The number of nitrogens with one attached hydrogen (secondary N) is 1. The van der Waals surface area contributed by atoms with E-state index in [9.17, 15) is 14.3 Å². The predicted molar refractivity (Wildman–Crippen MR) is 109 cm³/mol. The number of piperazine rings is 1. The van der Waals surface area contributed by atoms with Crippen molar-refractivity contribution in [3.05, 3.63) is 58.8 Å². The van der Waals surface area contributed by atoms with E-state index in [-0.39, 0.29) is 23.2 Å². The maximum Gasteiger partial charge on any atom is 0.286 e. The van der Waals surface area contributed by atoms with Crippen molar-refractivity contribution in [2.45, 2.75) is 0 Å². The molecule has 2 aromatic carbocycles. The lowest BCUT2D eigenvalue weighted by atomic mass is 10.2. The lowest BCUT2D eigenvalue weighted by molar-refractivity contribution is -0.838. The van der Waals surface area contributed by atoms with Crippen molar-refractivity contribution in [3.8, 4) is 11.5 Å². The smallest absolute Gasteiger partial charge is 0.286 e. The number of amides is 1. The second-order valence-corrected chi connectivity index (χ2v) is 7.80. The van der Waals surface area contributed by atoms with Gasteiger partial charge >= 0.3 is 0 Å². The average molecular weight is 413 g/mol. The second-order valence-electron chi connectivity index (χ2n) is 6.79. The van der Waals surface area contributed by atoms with Gasteiger partial charge in [-0.25, -0.2) is 4.39 Å². The van der Waals surface area contributed by atoms with E-state index in [1.54, 1.807) is 24.3 Å². The minimum Gasteiger partial charge on any atom is -0.870 e. The van der Waals surface area contributed by atoms with Gasteiger partial charge in [0.2, 0.25) is 0 Å². The molecule has 29 heavy (non-hydrogen) atoms. The Morgan fingerprint density at radius 3 is 2.72 bits per heavy atom. The molecule has 0 bridgehead atoms. The average Bonchev–Trinajstić information content (AvgIpc) is 3.10. The van der Waals surface area contributed by atoms with Crippen LogP contribution in [0.15, 0.2) is 52.4 Å². The molecule has 1 saturated heterocycles. The van der Waals surface area contributed by atoms with Crippen LogP contribution in [0.1, 0.15) is 5.56 Å². The van der Waals surface area contributed by atoms with E-state index in [4.69, 9.17) is 4.74 Å². The van der Waals surface area contributed by atoms with Gasteiger partial charge in [-0.15, -0.1) is 0 Å². The van der Waals surface area contributed by atoms with Crippen LogP contribution in [-0.2, 0) is 4.79 Å². The number of thioether (sulfide) groups is 1. The Morgan fingerprint density at radius 2 is 2.00 bits per heavy atom. The summed E-state index contributed by atoms with van der Waals surface area (Å²) in [7, 11) is 1.44. The standard InChI is InChI=1S/C21H20FN3O3S/c1-28-18-12-14(6-7-17(18)26)13-19-20(27)23-21(29-19)25-10-8-24(9-11-25)16-5-3-2-4-15(16)22/h2-7,12-13,26H,8-11H2,1H3. The number of hydrogen-bond donors (Lipinski definition) is 1. The normalized spacial score (nSPS) is 19.0. The van der Waals surface area contributed by atoms with E-state index in [1.807, 2.05) is 12.1 Å². The summed E-state index contributed by atoms with van der Waals surface area (Å²) in [4.78, 5) is 20.2. The fourth-order valence-electron chi connectivity index (χ4n) is 3.44. The molecule has 1 amide bonds. The number of amidine groups is 1. The minimum absolute atomic E-state index is 0.191. The molecule has 0 saturated carbocycles. The van der Waals surface area contributed by atoms with Crippen LogP contribution in [0.3, 0.4) is 0 Å². The summed E-state index contributed by atoms with van der Waals surface area (Å²) < 4.78 is 19.1. The molecule has 2 aliphatic heterocycles. The number of quaternary nitrogens is 1. The number of aliphatic imine (C=N–C) groups is 1. The number of benzene rings is 2. The maximum atomic E-state index is 14.0. The number of para-hydroxylation sites is 1. The van der Waals surface area contributed by atoms with Crippen molar-refractivity contribution >= 4 is 34.6 Å². The number of rotatable bonds is 3. The van der Waals surface area contributed by atoms with Gasteiger partial charge < -0.3 is 14.7 Å². The largest absolute Gasteiger partial charge is 0.870 e. The van der Waals surface area contributed by atoms with Gasteiger partial charge in [0.05, 0.1) is 38.2 Å². The summed E-state index contributed by atoms with van der Waals surface area (Å²) in [5, 5.41) is 12.3. The van der Waals surface area contributed by atoms with Crippen LogP contribution < -0.4 is 14.7 Å². The van der Waals surface area contributed by atoms with E-state index in [0.717, 1.165) is 18.0 Å². The summed E-state index contributed by atoms with van der Waals surface area (Å²) in [5.41, 5.74) is 1.39. The quantitative estimate of drug-likeness (QED) is 0.771. The molecule has 6 nitrogen and oxygen atoms in total. The SMILES string of the molecule is COc1cc(C=C2SC(N3CC[NH+](c4ccccc4F)CC3)=NC2=O)ccc1[O-]. The first-order chi connectivity index (χ1) is 14.0. The third-order valence-electron chi connectivity index (χ3n) is 4.99. The first-order valence-corrected chi connectivity index (χ1v) is 10.1. The molecule has 2 aliphatic rings. The molecular formula is C21H20FN3O3S. The zero-order valence-electron chi connectivity index (χ0n) is 15.9. The van der Waals surface area contributed by atoms with Crippen molar-refractivity contribution in [2.75, 3.05) is 33.3 Å². The molecule has 8 heteroatoms. The van der Waals surface area contributed by atoms with E-state index in [2.05, 4.69) is 9.89 Å². The Morgan fingerprint density at radius 1 is 1.24 bits per heavy atom. The number of hydrogen-bond acceptors (Lipinski definition) is 5. The topological polar surface area (TPSA) is 69.4 Å². The second kappa shape index (κ2) is 8.26. The molecule has 0 radical (unpaired) electrons. The van der Waals surface area contributed by atoms with Gasteiger partial charge in [-0.3, -0.25) is 9.69 Å². The zero-order valence-corrected chi connectivity index (χ0v) is 16.7. The Labute approximate surface area is 172 Å². The number of methoxy groups -OCH3 is 1. The van der Waals surface area contributed by atoms with Crippen molar-refractivity contribution in [1.29, 1.82) is 0 Å². The van der Waals surface area contributed by atoms with Gasteiger partial charge in [0, 0.05) is 6.07 Å². The first kappa shape index (κ1) is 19.5. The molecule has 0 spiro atoms. The predicted octanol–water partition coefficient (Wildman–Crippen LogP) is 1.41. The Bertz CT molecular complexity index is 1000. The van der Waals surface area contributed by atoms with Crippen LogP contribution in [0, 0.1) is 5.82 Å². The molecule has 2 aromatic rings. The van der Waals surface area contributed by atoms with E-state index in [0.29, 0.717) is 34.4 Å². The molecule has 2 heterocycles.